The number of piperidine rings is 1. The zero-order valence-corrected chi connectivity index (χ0v) is 15.2. The number of para-hydroxylation sites is 1. The molecule has 26 heavy (non-hydrogen) atoms. The number of esters is 1. The molecule has 5 heteroatoms. The van der Waals surface area contributed by atoms with Gasteiger partial charge in [-0.1, -0.05) is 18.2 Å². The van der Waals surface area contributed by atoms with Crippen molar-refractivity contribution in [2.24, 2.45) is 11.8 Å². The number of rotatable bonds is 1. The predicted octanol–water partition coefficient (Wildman–Crippen LogP) is 3.18. The van der Waals surface area contributed by atoms with Crippen LogP contribution in [0.4, 0.5) is 0 Å². The van der Waals surface area contributed by atoms with Gasteiger partial charge >= 0.3 is 5.97 Å². The summed E-state index contributed by atoms with van der Waals surface area (Å²) in [5.41, 5.74) is 4.69. The van der Waals surface area contributed by atoms with Gasteiger partial charge in [-0.05, 0) is 31.4 Å². The fraction of sp³-hybridized carbons (Fsp3) is 0.476. The van der Waals surface area contributed by atoms with Crippen molar-refractivity contribution in [3.63, 3.8) is 0 Å². The molecule has 1 saturated heterocycles. The standard InChI is InChI=1S/C21H24N2O3/c1-12-16-10-23-8-7-14-13-5-3-4-6-18(13)22-20(14)19(23)9-15(16)17(11-26-12)21(24)25-2/h3-6,11-12,15-16,19,22H,7-10H2,1-2H3/t12?,15-,16-,19-/m0/s1. The van der Waals surface area contributed by atoms with E-state index < -0.39 is 0 Å². The van der Waals surface area contributed by atoms with E-state index in [1.165, 1.54) is 29.3 Å². The third-order valence-electron chi connectivity index (χ3n) is 6.54. The number of aromatic amines is 1. The van der Waals surface area contributed by atoms with E-state index in [9.17, 15) is 4.79 Å². The van der Waals surface area contributed by atoms with Crippen molar-refractivity contribution in [3.05, 3.63) is 47.4 Å². The van der Waals surface area contributed by atoms with E-state index in [1.807, 2.05) is 0 Å². The molecule has 0 saturated carbocycles. The van der Waals surface area contributed by atoms with Gasteiger partial charge in [-0.15, -0.1) is 0 Å². The lowest BCUT2D eigenvalue weighted by Crippen LogP contribution is -2.51. The SMILES string of the molecule is COC(=O)C1=COC(C)[C@@H]2CN3CCc4c([nH]c5ccccc45)[C@@H]3C[C@H]12. The summed E-state index contributed by atoms with van der Waals surface area (Å²) in [7, 11) is 1.45. The largest absolute Gasteiger partial charge is 0.497 e. The van der Waals surface area contributed by atoms with Gasteiger partial charge in [-0.25, -0.2) is 4.79 Å². The van der Waals surface area contributed by atoms with Crippen LogP contribution in [0.5, 0.6) is 0 Å². The lowest BCUT2D eigenvalue weighted by atomic mass is 9.72. The molecule has 1 aromatic heterocycles. The highest BCUT2D eigenvalue weighted by Gasteiger charge is 2.46. The first kappa shape index (κ1) is 15.9. The molecule has 3 aliphatic heterocycles. The number of aromatic nitrogens is 1. The van der Waals surface area contributed by atoms with Crippen molar-refractivity contribution in [2.45, 2.75) is 31.9 Å². The van der Waals surface area contributed by atoms with Gasteiger partial charge in [0.05, 0.1) is 31.1 Å². The number of hydrogen-bond donors (Lipinski definition) is 1. The van der Waals surface area contributed by atoms with Crippen molar-refractivity contribution in [1.29, 1.82) is 0 Å². The third kappa shape index (κ3) is 2.23. The summed E-state index contributed by atoms with van der Waals surface area (Å²) in [6, 6.07) is 8.88. The molecular weight excluding hydrogens is 328 g/mol. The Labute approximate surface area is 153 Å². The normalized spacial score (nSPS) is 30.6. The fourth-order valence-corrected chi connectivity index (χ4v) is 5.19. The van der Waals surface area contributed by atoms with Crippen LogP contribution in [0.15, 0.2) is 36.1 Å². The van der Waals surface area contributed by atoms with Gasteiger partial charge in [-0.2, -0.15) is 0 Å². The molecule has 1 aromatic carbocycles. The van der Waals surface area contributed by atoms with Crippen LogP contribution in [0.1, 0.15) is 30.6 Å². The summed E-state index contributed by atoms with van der Waals surface area (Å²) in [5.74, 6) is 0.258. The monoisotopic (exact) mass is 352 g/mol. The minimum Gasteiger partial charge on any atom is -0.497 e. The van der Waals surface area contributed by atoms with Gasteiger partial charge in [0.2, 0.25) is 0 Å². The molecule has 4 atom stereocenters. The summed E-state index contributed by atoms with van der Waals surface area (Å²) < 4.78 is 10.8. The van der Waals surface area contributed by atoms with Gasteiger partial charge in [0, 0.05) is 41.5 Å². The Morgan fingerprint density at radius 2 is 2.19 bits per heavy atom. The molecule has 0 spiro atoms. The number of methoxy groups -OCH3 is 1. The van der Waals surface area contributed by atoms with Crippen molar-refractivity contribution in [2.75, 3.05) is 20.2 Å². The summed E-state index contributed by atoms with van der Waals surface area (Å²) in [6.45, 7) is 4.13. The van der Waals surface area contributed by atoms with Crippen LogP contribution in [-0.4, -0.2) is 42.2 Å². The third-order valence-corrected chi connectivity index (χ3v) is 6.54. The summed E-state index contributed by atoms with van der Waals surface area (Å²) in [4.78, 5) is 18.5. The minimum absolute atomic E-state index is 0.124. The van der Waals surface area contributed by atoms with Gasteiger partial charge in [-0.3, -0.25) is 4.90 Å². The molecule has 136 valence electrons. The van der Waals surface area contributed by atoms with E-state index in [-0.39, 0.29) is 18.0 Å². The molecule has 5 rings (SSSR count). The number of nitrogens with one attached hydrogen (secondary N) is 1. The molecular formula is C21H24N2O3. The number of H-pyrrole nitrogens is 1. The zero-order chi connectivity index (χ0) is 17.8. The van der Waals surface area contributed by atoms with Crippen LogP contribution in [0.25, 0.3) is 10.9 Å². The van der Waals surface area contributed by atoms with Crippen LogP contribution in [0.3, 0.4) is 0 Å². The second-order valence-corrected chi connectivity index (χ2v) is 7.74. The highest BCUT2D eigenvalue weighted by atomic mass is 16.5. The molecule has 0 bridgehead atoms. The van der Waals surface area contributed by atoms with Crippen molar-refractivity contribution >= 4 is 16.9 Å². The molecule has 4 heterocycles. The Kier molecular flexibility index (Phi) is 3.60. The lowest BCUT2D eigenvalue weighted by molar-refractivity contribution is -0.139. The molecule has 2 aromatic rings. The number of nitrogens with zero attached hydrogens (tertiary/aromatic N) is 1. The average Bonchev–Trinajstić information content (AvgIpc) is 3.06. The smallest absolute Gasteiger partial charge is 0.337 e. The molecule has 1 N–H and O–H groups in total. The lowest BCUT2D eigenvalue weighted by Gasteiger charge is -2.49. The second kappa shape index (κ2) is 5.88. The van der Waals surface area contributed by atoms with E-state index in [0.717, 1.165) is 25.9 Å². The minimum atomic E-state index is -0.256. The van der Waals surface area contributed by atoms with E-state index in [0.29, 0.717) is 17.5 Å². The van der Waals surface area contributed by atoms with E-state index in [1.54, 1.807) is 6.26 Å². The van der Waals surface area contributed by atoms with Crippen LogP contribution < -0.4 is 0 Å². The van der Waals surface area contributed by atoms with E-state index >= 15 is 0 Å². The maximum Gasteiger partial charge on any atom is 0.337 e. The first-order valence-corrected chi connectivity index (χ1v) is 9.44. The highest BCUT2D eigenvalue weighted by molar-refractivity contribution is 5.89. The van der Waals surface area contributed by atoms with Crippen LogP contribution in [0.2, 0.25) is 0 Å². The number of carbonyl (C=O) groups excluding carboxylic acids is 1. The topological polar surface area (TPSA) is 54.6 Å². The van der Waals surface area contributed by atoms with Crippen LogP contribution in [-0.2, 0) is 20.7 Å². The molecule has 1 unspecified atom stereocenters. The molecule has 3 aliphatic rings. The van der Waals surface area contributed by atoms with Crippen molar-refractivity contribution in [1.82, 2.24) is 9.88 Å². The van der Waals surface area contributed by atoms with Gasteiger partial charge < -0.3 is 14.5 Å². The number of benzene rings is 1. The van der Waals surface area contributed by atoms with Gasteiger partial charge in [0.1, 0.15) is 0 Å². The molecule has 0 amide bonds. The van der Waals surface area contributed by atoms with E-state index in [2.05, 4.69) is 41.1 Å². The first-order chi connectivity index (χ1) is 12.7. The number of hydrogen-bond acceptors (Lipinski definition) is 4. The zero-order valence-electron chi connectivity index (χ0n) is 15.2. The predicted molar refractivity (Wildman–Crippen MR) is 98.6 cm³/mol. The Morgan fingerprint density at radius 3 is 3.04 bits per heavy atom. The number of carbonyl (C=O) groups is 1. The highest BCUT2D eigenvalue weighted by Crippen LogP contribution is 2.47. The Bertz CT molecular complexity index is 900. The molecule has 0 radical (unpaired) electrons. The number of ether oxygens (including phenoxy) is 2. The average molecular weight is 352 g/mol. The Morgan fingerprint density at radius 1 is 1.35 bits per heavy atom. The second-order valence-electron chi connectivity index (χ2n) is 7.74. The Hall–Kier alpha value is -2.27. The van der Waals surface area contributed by atoms with Crippen molar-refractivity contribution < 1.29 is 14.3 Å². The summed E-state index contributed by atoms with van der Waals surface area (Å²) in [5, 5.41) is 1.34. The molecule has 1 fully saturated rings. The molecule has 0 aliphatic carbocycles. The maximum absolute atomic E-state index is 12.3. The van der Waals surface area contributed by atoms with Gasteiger partial charge in [0.25, 0.3) is 0 Å². The first-order valence-electron chi connectivity index (χ1n) is 9.44. The molecule has 5 nitrogen and oxygen atoms in total. The van der Waals surface area contributed by atoms with Gasteiger partial charge in [0.15, 0.2) is 0 Å². The van der Waals surface area contributed by atoms with Crippen LogP contribution in [0, 0.1) is 11.8 Å². The Balaban J connectivity index is 1.55. The summed E-state index contributed by atoms with van der Waals surface area (Å²) in [6.07, 6.45) is 3.77. The fourth-order valence-electron chi connectivity index (χ4n) is 5.19. The van der Waals surface area contributed by atoms with Crippen LogP contribution >= 0.6 is 0 Å². The maximum atomic E-state index is 12.3. The summed E-state index contributed by atoms with van der Waals surface area (Å²) >= 11 is 0. The van der Waals surface area contributed by atoms with Crippen molar-refractivity contribution in [3.8, 4) is 0 Å². The van der Waals surface area contributed by atoms with E-state index in [4.69, 9.17) is 9.47 Å². The quantitative estimate of drug-likeness (QED) is 0.801. The number of fused-ring (bicyclic) bond motifs is 6.